The van der Waals surface area contributed by atoms with Crippen molar-refractivity contribution in [2.75, 3.05) is 13.2 Å². The number of alkyl halides is 3. The summed E-state index contributed by atoms with van der Waals surface area (Å²) in [6, 6.07) is 5.22. The molecule has 0 aliphatic rings. The highest BCUT2D eigenvalue weighted by atomic mass is 19.4. The minimum Gasteiger partial charge on any atom is -0.370 e. The average molecular weight is 262 g/mol. The van der Waals surface area contributed by atoms with E-state index >= 15 is 0 Å². The van der Waals surface area contributed by atoms with Gasteiger partial charge in [-0.2, -0.15) is 13.2 Å². The summed E-state index contributed by atoms with van der Waals surface area (Å²) >= 11 is 0. The van der Waals surface area contributed by atoms with Crippen molar-refractivity contribution < 1.29 is 17.9 Å². The molecule has 1 atom stereocenters. The van der Waals surface area contributed by atoms with Crippen LogP contribution in [0.5, 0.6) is 0 Å². The fourth-order valence-electron chi connectivity index (χ4n) is 1.74. The number of hydrazine groups is 1. The predicted molar refractivity (Wildman–Crippen MR) is 62.9 cm³/mol. The van der Waals surface area contributed by atoms with Gasteiger partial charge in [-0.3, -0.25) is 11.3 Å². The van der Waals surface area contributed by atoms with E-state index in [1.165, 1.54) is 0 Å². The quantitative estimate of drug-likeness (QED) is 0.632. The molecular formula is C12H17F3N2O. The number of benzene rings is 1. The van der Waals surface area contributed by atoms with E-state index < -0.39 is 18.8 Å². The van der Waals surface area contributed by atoms with Crippen molar-refractivity contribution >= 4 is 0 Å². The summed E-state index contributed by atoms with van der Waals surface area (Å²) in [5, 5.41) is 0. The summed E-state index contributed by atoms with van der Waals surface area (Å²) < 4.78 is 40.5. The molecule has 0 aromatic heterocycles. The maximum absolute atomic E-state index is 12.0. The van der Waals surface area contributed by atoms with E-state index in [2.05, 4.69) is 10.2 Å². The second-order valence-corrected chi connectivity index (χ2v) is 4.21. The molecule has 3 nitrogen and oxygen atoms in total. The van der Waals surface area contributed by atoms with Crippen molar-refractivity contribution in [1.82, 2.24) is 5.43 Å². The standard InChI is InChI=1S/C12H17F3N2O/c1-8-3-4-10(9(2)5-8)11(17-16)6-18-7-12(13,14)15/h3-5,11,17H,6-7,16H2,1-2H3. The molecule has 6 heteroatoms. The summed E-state index contributed by atoms with van der Waals surface area (Å²) in [7, 11) is 0. The second kappa shape index (κ2) is 6.17. The van der Waals surface area contributed by atoms with Crippen molar-refractivity contribution in [3.63, 3.8) is 0 Å². The molecule has 0 amide bonds. The lowest BCUT2D eigenvalue weighted by Crippen LogP contribution is -2.33. The van der Waals surface area contributed by atoms with Crippen LogP contribution in [0.2, 0.25) is 0 Å². The van der Waals surface area contributed by atoms with Crippen LogP contribution < -0.4 is 11.3 Å². The van der Waals surface area contributed by atoms with E-state index in [1.807, 2.05) is 32.0 Å². The van der Waals surface area contributed by atoms with Gasteiger partial charge < -0.3 is 4.74 Å². The maximum Gasteiger partial charge on any atom is 0.411 e. The molecule has 1 rings (SSSR count). The Hall–Kier alpha value is -1.11. The van der Waals surface area contributed by atoms with Gasteiger partial charge in [-0.25, -0.2) is 0 Å². The van der Waals surface area contributed by atoms with Gasteiger partial charge in [0.25, 0.3) is 0 Å². The van der Waals surface area contributed by atoms with Crippen LogP contribution in [0.1, 0.15) is 22.7 Å². The lowest BCUT2D eigenvalue weighted by Gasteiger charge is -2.19. The Morgan fingerprint density at radius 3 is 2.50 bits per heavy atom. The van der Waals surface area contributed by atoms with Gasteiger partial charge in [-0.1, -0.05) is 23.8 Å². The third kappa shape index (κ3) is 4.64. The zero-order chi connectivity index (χ0) is 13.8. The molecule has 0 aliphatic heterocycles. The van der Waals surface area contributed by atoms with E-state index in [0.29, 0.717) is 0 Å². The number of hydrogen-bond donors (Lipinski definition) is 2. The summed E-state index contributed by atoms with van der Waals surface area (Å²) in [6.07, 6.45) is -4.32. The van der Waals surface area contributed by atoms with Gasteiger partial charge in [0.15, 0.2) is 0 Å². The predicted octanol–water partition coefficient (Wildman–Crippen LogP) is 2.39. The molecule has 0 spiro atoms. The van der Waals surface area contributed by atoms with Crippen molar-refractivity contribution in [3.8, 4) is 0 Å². The van der Waals surface area contributed by atoms with Crippen LogP contribution in [-0.2, 0) is 4.74 Å². The minimum atomic E-state index is -4.32. The first-order valence-corrected chi connectivity index (χ1v) is 5.51. The molecule has 1 unspecified atom stereocenters. The Morgan fingerprint density at radius 1 is 1.33 bits per heavy atom. The number of ether oxygens (including phenoxy) is 1. The van der Waals surface area contributed by atoms with Gasteiger partial charge in [-0.15, -0.1) is 0 Å². The smallest absolute Gasteiger partial charge is 0.370 e. The first-order chi connectivity index (χ1) is 8.33. The number of nitrogens with one attached hydrogen (secondary N) is 1. The maximum atomic E-state index is 12.0. The monoisotopic (exact) mass is 262 g/mol. The molecule has 102 valence electrons. The van der Waals surface area contributed by atoms with Crippen LogP contribution >= 0.6 is 0 Å². The van der Waals surface area contributed by atoms with Gasteiger partial charge in [0.1, 0.15) is 6.61 Å². The summed E-state index contributed by atoms with van der Waals surface area (Å²) in [6.45, 7) is 2.44. The van der Waals surface area contributed by atoms with Gasteiger partial charge in [0.05, 0.1) is 12.6 Å². The van der Waals surface area contributed by atoms with Crippen molar-refractivity contribution in [3.05, 3.63) is 34.9 Å². The van der Waals surface area contributed by atoms with Gasteiger partial charge >= 0.3 is 6.18 Å². The molecular weight excluding hydrogens is 245 g/mol. The number of aryl methyl sites for hydroxylation is 2. The van der Waals surface area contributed by atoms with Gasteiger partial charge in [0, 0.05) is 0 Å². The van der Waals surface area contributed by atoms with Crippen molar-refractivity contribution in [2.45, 2.75) is 26.1 Å². The summed E-state index contributed by atoms with van der Waals surface area (Å²) in [5.41, 5.74) is 5.36. The average Bonchev–Trinajstić information content (AvgIpc) is 2.24. The Balaban J connectivity index is 2.66. The zero-order valence-corrected chi connectivity index (χ0v) is 10.3. The second-order valence-electron chi connectivity index (χ2n) is 4.21. The molecule has 0 radical (unpaired) electrons. The van der Waals surface area contributed by atoms with E-state index in [0.717, 1.165) is 16.7 Å². The highest BCUT2D eigenvalue weighted by molar-refractivity contribution is 5.32. The largest absolute Gasteiger partial charge is 0.411 e. The van der Waals surface area contributed by atoms with Gasteiger partial charge in [0.2, 0.25) is 0 Å². The van der Waals surface area contributed by atoms with E-state index in [9.17, 15) is 13.2 Å². The highest BCUT2D eigenvalue weighted by Gasteiger charge is 2.28. The summed E-state index contributed by atoms with van der Waals surface area (Å²) in [5.74, 6) is 5.35. The Labute approximate surface area is 104 Å². The molecule has 0 bridgehead atoms. The molecule has 0 saturated heterocycles. The first kappa shape index (κ1) is 14.9. The van der Waals surface area contributed by atoms with Crippen LogP contribution in [-0.4, -0.2) is 19.4 Å². The minimum absolute atomic E-state index is 0.125. The van der Waals surface area contributed by atoms with Crippen molar-refractivity contribution in [2.24, 2.45) is 5.84 Å². The fraction of sp³-hybridized carbons (Fsp3) is 0.500. The number of nitrogens with two attached hydrogens (primary N) is 1. The molecule has 3 N–H and O–H groups in total. The molecule has 1 aromatic rings. The highest BCUT2D eigenvalue weighted by Crippen LogP contribution is 2.20. The third-order valence-electron chi connectivity index (χ3n) is 2.55. The Bertz CT molecular complexity index is 393. The Morgan fingerprint density at radius 2 is 2.00 bits per heavy atom. The molecule has 18 heavy (non-hydrogen) atoms. The zero-order valence-electron chi connectivity index (χ0n) is 10.3. The van der Waals surface area contributed by atoms with E-state index in [1.54, 1.807) is 0 Å². The molecule has 0 fully saturated rings. The van der Waals surface area contributed by atoms with Crippen LogP contribution in [0.3, 0.4) is 0 Å². The van der Waals surface area contributed by atoms with E-state index in [4.69, 9.17) is 5.84 Å². The SMILES string of the molecule is Cc1ccc(C(COCC(F)(F)F)NN)c(C)c1. The number of halogens is 3. The van der Waals surface area contributed by atoms with Crippen LogP contribution in [0, 0.1) is 13.8 Å². The Kier molecular flexibility index (Phi) is 5.13. The lowest BCUT2D eigenvalue weighted by molar-refractivity contribution is -0.175. The molecule has 1 aromatic carbocycles. The van der Waals surface area contributed by atoms with Gasteiger partial charge in [-0.05, 0) is 25.0 Å². The lowest BCUT2D eigenvalue weighted by atomic mass is 10.00. The normalized spacial score (nSPS) is 13.7. The van der Waals surface area contributed by atoms with Crippen LogP contribution in [0.15, 0.2) is 18.2 Å². The molecule has 0 saturated carbocycles. The number of rotatable bonds is 5. The van der Waals surface area contributed by atoms with Crippen LogP contribution in [0.4, 0.5) is 13.2 Å². The summed E-state index contributed by atoms with van der Waals surface area (Å²) in [4.78, 5) is 0. The molecule has 0 heterocycles. The third-order valence-corrected chi connectivity index (χ3v) is 2.55. The first-order valence-electron chi connectivity index (χ1n) is 5.51. The van der Waals surface area contributed by atoms with E-state index in [-0.39, 0.29) is 6.61 Å². The topological polar surface area (TPSA) is 47.3 Å². The fourth-order valence-corrected chi connectivity index (χ4v) is 1.74. The number of hydrogen-bond acceptors (Lipinski definition) is 3. The van der Waals surface area contributed by atoms with Crippen LogP contribution in [0.25, 0.3) is 0 Å². The molecule has 0 aliphatic carbocycles. The van der Waals surface area contributed by atoms with Crippen molar-refractivity contribution in [1.29, 1.82) is 0 Å².